The van der Waals surface area contributed by atoms with Crippen molar-refractivity contribution < 1.29 is 9.18 Å². The van der Waals surface area contributed by atoms with Crippen molar-refractivity contribution in [2.45, 2.75) is 20.3 Å². The van der Waals surface area contributed by atoms with Crippen molar-refractivity contribution in [2.24, 2.45) is 17.6 Å². The molecule has 0 aliphatic rings. The third-order valence-electron chi connectivity index (χ3n) is 2.61. The van der Waals surface area contributed by atoms with Gasteiger partial charge in [-0.2, -0.15) is 0 Å². The van der Waals surface area contributed by atoms with Crippen LogP contribution in [-0.2, 0) is 0 Å². The first kappa shape index (κ1) is 14.3. The predicted molar refractivity (Wildman–Crippen MR) is 70.4 cm³/mol. The van der Waals surface area contributed by atoms with Gasteiger partial charge in [-0.05, 0) is 30.5 Å². The fraction of sp³-hybridized carbons (Fsp3) is 0.462. The minimum Gasteiger partial charge on any atom is -0.330 e. The maximum Gasteiger partial charge on any atom is 0.170 e. The number of rotatable bonds is 5. The smallest absolute Gasteiger partial charge is 0.170 e. The van der Waals surface area contributed by atoms with Crippen LogP contribution in [0, 0.1) is 17.7 Å². The predicted octanol–water partition coefficient (Wildman–Crippen LogP) is 3.39. The highest BCUT2D eigenvalue weighted by molar-refractivity contribution is 9.10. The lowest BCUT2D eigenvalue weighted by molar-refractivity contribution is 0.0904. The van der Waals surface area contributed by atoms with E-state index in [1.165, 1.54) is 12.1 Å². The van der Waals surface area contributed by atoms with Crippen molar-refractivity contribution >= 4 is 21.7 Å². The molecule has 1 aromatic rings. The van der Waals surface area contributed by atoms with Crippen molar-refractivity contribution in [1.82, 2.24) is 0 Å². The molecule has 0 aromatic heterocycles. The van der Waals surface area contributed by atoms with Gasteiger partial charge in [0.1, 0.15) is 5.82 Å². The van der Waals surface area contributed by atoms with Crippen molar-refractivity contribution in [3.8, 4) is 0 Å². The van der Waals surface area contributed by atoms with Crippen LogP contribution in [0.5, 0.6) is 0 Å². The highest BCUT2D eigenvalue weighted by atomic mass is 79.9. The molecule has 0 saturated heterocycles. The maximum absolute atomic E-state index is 13.6. The molecule has 94 valence electrons. The van der Waals surface area contributed by atoms with E-state index in [4.69, 9.17) is 5.73 Å². The summed E-state index contributed by atoms with van der Waals surface area (Å²) >= 11 is 3.24. The van der Waals surface area contributed by atoms with Crippen molar-refractivity contribution in [2.75, 3.05) is 6.54 Å². The molecule has 0 fully saturated rings. The summed E-state index contributed by atoms with van der Waals surface area (Å²) in [7, 11) is 0. The molecule has 0 bridgehead atoms. The molecule has 0 heterocycles. The van der Waals surface area contributed by atoms with E-state index < -0.39 is 5.82 Å². The fourth-order valence-electron chi connectivity index (χ4n) is 1.79. The van der Waals surface area contributed by atoms with Gasteiger partial charge in [0, 0.05) is 16.9 Å². The number of halogens is 2. The highest BCUT2D eigenvalue weighted by Gasteiger charge is 2.22. The average molecular weight is 302 g/mol. The summed E-state index contributed by atoms with van der Waals surface area (Å²) in [4.78, 5) is 12.1. The summed E-state index contributed by atoms with van der Waals surface area (Å²) in [6, 6.07) is 4.38. The van der Waals surface area contributed by atoms with Gasteiger partial charge in [-0.25, -0.2) is 4.39 Å². The van der Waals surface area contributed by atoms with Crippen LogP contribution in [0.3, 0.4) is 0 Å². The number of Topliss-reactive ketones (excluding diaryl/α,β-unsaturated/α-hetero) is 1. The van der Waals surface area contributed by atoms with E-state index in [0.29, 0.717) is 16.8 Å². The monoisotopic (exact) mass is 301 g/mol. The Morgan fingerprint density at radius 2 is 2.12 bits per heavy atom. The van der Waals surface area contributed by atoms with Crippen molar-refractivity contribution in [1.29, 1.82) is 0 Å². The van der Waals surface area contributed by atoms with E-state index in [-0.39, 0.29) is 23.8 Å². The molecule has 1 aromatic carbocycles. The first-order chi connectivity index (χ1) is 7.95. The molecule has 4 heteroatoms. The van der Waals surface area contributed by atoms with Gasteiger partial charge in [0.15, 0.2) is 5.78 Å². The SMILES string of the molecule is CC(C)CC(CN)C(=O)c1cc(Br)ccc1F. The lowest BCUT2D eigenvalue weighted by Crippen LogP contribution is -2.26. The zero-order chi connectivity index (χ0) is 13.0. The van der Waals surface area contributed by atoms with Gasteiger partial charge < -0.3 is 5.73 Å². The number of hydrogen-bond acceptors (Lipinski definition) is 2. The van der Waals surface area contributed by atoms with E-state index in [0.717, 1.165) is 0 Å². The maximum atomic E-state index is 13.6. The molecule has 0 aliphatic carbocycles. The van der Waals surface area contributed by atoms with Gasteiger partial charge in [0.05, 0.1) is 5.56 Å². The number of carbonyl (C=O) groups excluding carboxylic acids is 1. The summed E-state index contributed by atoms with van der Waals surface area (Å²) < 4.78 is 14.3. The van der Waals surface area contributed by atoms with Crippen LogP contribution >= 0.6 is 15.9 Å². The minimum absolute atomic E-state index is 0.121. The van der Waals surface area contributed by atoms with E-state index in [1.807, 2.05) is 13.8 Å². The lowest BCUT2D eigenvalue weighted by Gasteiger charge is -2.16. The molecule has 0 amide bonds. The largest absolute Gasteiger partial charge is 0.330 e. The summed E-state index contributed by atoms with van der Waals surface area (Å²) in [5.74, 6) is -0.637. The molecular formula is C13H17BrFNO. The zero-order valence-corrected chi connectivity index (χ0v) is 11.6. The molecule has 0 spiro atoms. The molecule has 2 N–H and O–H groups in total. The molecular weight excluding hydrogens is 285 g/mol. The average Bonchev–Trinajstić information content (AvgIpc) is 2.28. The molecule has 0 saturated carbocycles. The first-order valence-corrected chi connectivity index (χ1v) is 6.44. The van der Waals surface area contributed by atoms with Crippen LogP contribution in [0.4, 0.5) is 4.39 Å². The highest BCUT2D eigenvalue weighted by Crippen LogP contribution is 2.21. The standard InChI is InChI=1S/C13H17BrFNO/c1-8(2)5-9(7-16)13(17)11-6-10(14)3-4-12(11)15/h3-4,6,8-9H,5,7,16H2,1-2H3. The Kier molecular flexibility index (Phi) is 5.28. The topological polar surface area (TPSA) is 43.1 Å². The second-order valence-electron chi connectivity index (χ2n) is 4.55. The number of carbonyl (C=O) groups is 1. The Balaban J connectivity index is 2.97. The van der Waals surface area contributed by atoms with Gasteiger partial charge >= 0.3 is 0 Å². The van der Waals surface area contributed by atoms with Crippen LogP contribution < -0.4 is 5.73 Å². The summed E-state index contributed by atoms with van der Waals surface area (Å²) in [6.45, 7) is 4.30. The van der Waals surface area contributed by atoms with Crippen LogP contribution in [0.2, 0.25) is 0 Å². The van der Waals surface area contributed by atoms with E-state index >= 15 is 0 Å². The molecule has 2 nitrogen and oxygen atoms in total. The van der Waals surface area contributed by atoms with Crippen molar-refractivity contribution in [3.05, 3.63) is 34.1 Å². The molecule has 17 heavy (non-hydrogen) atoms. The number of ketones is 1. The van der Waals surface area contributed by atoms with Gasteiger partial charge in [-0.3, -0.25) is 4.79 Å². The summed E-state index contributed by atoms with van der Waals surface area (Å²) in [5, 5.41) is 0. The molecule has 1 atom stereocenters. The molecule has 0 aliphatic heterocycles. The van der Waals surface area contributed by atoms with Gasteiger partial charge in [-0.1, -0.05) is 29.8 Å². The Labute approximate surface area is 110 Å². The first-order valence-electron chi connectivity index (χ1n) is 5.65. The Bertz CT molecular complexity index is 406. The summed E-state index contributed by atoms with van der Waals surface area (Å²) in [5.41, 5.74) is 5.71. The third kappa shape index (κ3) is 3.89. The van der Waals surface area contributed by atoms with Gasteiger partial charge in [-0.15, -0.1) is 0 Å². The van der Waals surface area contributed by atoms with Gasteiger partial charge in [0.2, 0.25) is 0 Å². The van der Waals surface area contributed by atoms with Crippen LogP contribution in [0.15, 0.2) is 22.7 Å². The lowest BCUT2D eigenvalue weighted by atomic mass is 9.89. The fourth-order valence-corrected chi connectivity index (χ4v) is 2.15. The van der Waals surface area contributed by atoms with Crippen LogP contribution in [-0.4, -0.2) is 12.3 Å². The third-order valence-corrected chi connectivity index (χ3v) is 3.10. The number of hydrogen-bond donors (Lipinski definition) is 1. The van der Waals surface area contributed by atoms with Gasteiger partial charge in [0.25, 0.3) is 0 Å². The molecule has 1 unspecified atom stereocenters. The van der Waals surface area contributed by atoms with Crippen LogP contribution in [0.25, 0.3) is 0 Å². The Morgan fingerprint density at radius 3 is 2.65 bits per heavy atom. The minimum atomic E-state index is -0.486. The quantitative estimate of drug-likeness (QED) is 0.847. The molecule has 0 radical (unpaired) electrons. The zero-order valence-electron chi connectivity index (χ0n) is 10.0. The van der Waals surface area contributed by atoms with E-state index in [1.54, 1.807) is 6.07 Å². The normalized spacial score (nSPS) is 12.8. The number of nitrogens with two attached hydrogens (primary N) is 1. The van der Waals surface area contributed by atoms with Crippen LogP contribution in [0.1, 0.15) is 30.6 Å². The Morgan fingerprint density at radius 1 is 1.47 bits per heavy atom. The second kappa shape index (κ2) is 6.26. The van der Waals surface area contributed by atoms with Crippen molar-refractivity contribution in [3.63, 3.8) is 0 Å². The van der Waals surface area contributed by atoms with E-state index in [9.17, 15) is 9.18 Å². The van der Waals surface area contributed by atoms with E-state index in [2.05, 4.69) is 15.9 Å². The number of benzene rings is 1. The molecule has 1 rings (SSSR count). The summed E-state index contributed by atoms with van der Waals surface area (Å²) in [6.07, 6.45) is 0.682. The Hall–Kier alpha value is -0.740. The second-order valence-corrected chi connectivity index (χ2v) is 5.47.